The van der Waals surface area contributed by atoms with Crippen molar-refractivity contribution in [3.63, 3.8) is 0 Å². The molecule has 4 N–H and O–H groups in total. The van der Waals surface area contributed by atoms with Crippen LogP contribution in [0.15, 0.2) is 12.1 Å². The lowest BCUT2D eigenvalue weighted by Gasteiger charge is -2.07. The predicted molar refractivity (Wildman–Crippen MR) is 45.0 cm³/mol. The van der Waals surface area contributed by atoms with Gasteiger partial charge in [-0.25, -0.2) is 0 Å². The summed E-state index contributed by atoms with van der Waals surface area (Å²) in [5.74, 6) is 0.189. The van der Waals surface area contributed by atoms with Gasteiger partial charge in [-0.2, -0.15) is 0 Å². The fraction of sp³-hybridized carbons (Fsp3) is 0.250. The van der Waals surface area contributed by atoms with Gasteiger partial charge < -0.3 is 20.7 Å². The van der Waals surface area contributed by atoms with Crippen molar-refractivity contribution in [2.75, 3.05) is 12.8 Å². The lowest BCUT2D eigenvalue weighted by molar-refractivity contribution is 0.280. The Kier molecular flexibility index (Phi) is 2.40. The molecule has 1 aromatic rings. The Morgan fingerprint density at radius 3 is 2.67 bits per heavy atom. The minimum Gasteiger partial charge on any atom is -0.503 e. The van der Waals surface area contributed by atoms with Crippen LogP contribution in [0.2, 0.25) is 0 Å². The maximum atomic E-state index is 9.29. The number of phenolic OH excluding ortho intramolecular Hbond substituents is 1. The first-order valence-corrected chi connectivity index (χ1v) is 3.45. The first kappa shape index (κ1) is 8.67. The molecule has 4 heteroatoms. The topological polar surface area (TPSA) is 75.7 Å². The Bertz CT molecular complexity index is 286. The fourth-order valence-electron chi connectivity index (χ4n) is 0.936. The molecule has 0 fully saturated rings. The van der Waals surface area contributed by atoms with E-state index < -0.39 is 0 Å². The summed E-state index contributed by atoms with van der Waals surface area (Å²) >= 11 is 0. The average molecular weight is 169 g/mol. The zero-order chi connectivity index (χ0) is 9.14. The smallest absolute Gasteiger partial charge is 0.181 e. The van der Waals surface area contributed by atoms with Gasteiger partial charge in [-0.1, -0.05) is 0 Å². The number of rotatable bonds is 2. The predicted octanol–water partition coefficient (Wildman–Crippen LogP) is 0.475. The second-order valence-electron chi connectivity index (χ2n) is 2.39. The van der Waals surface area contributed by atoms with Gasteiger partial charge in [0.05, 0.1) is 19.4 Å². The molecule has 0 amide bonds. The molecule has 0 heterocycles. The summed E-state index contributed by atoms with van der Waals surface area (Å²) in [6, 6.07) is 3.03. The molecule has 0 atom stereocenters. The van der Waals surface area contributed by atoms with Gasteiger partial charge in [0.1, 0.15) is 0 Å². The van der Waals surface area contributed by atoms with Crippen molar-refractivity contribution >= 4 is 5.69 Å². The molecule has 0 unspecified atom stereocenters. The van der Waals surface area contributed by atoms with E-state index in [-0.39, 0.29) is 23.8 Å². The third-order valence-corrected chi connectivity index (χ3v) is 1.57. The van der Waals surface area contributed by atoms with Crippen molar-refractivity contribution in [2.45, 2.75) is 6.61 Å². The van der Waals surface area contributed by atoms with Crippen LogP contribution in [0.3, 0.4) is 0 Å². The first-order chi connectivity index (χ1) is 5.69. The van der Waals surface area contributed by atoms with Crippen molar-refractivity contribution < 1.29 is 14.9 Å². The minimum absolute atomic E-state index is 0.0882. The van der Waals surface area contributed by atoms with Crippen LogP contribution in [-0.4, -0.2) is 17.3 Å². The lowest BCUT2D eigenvalue weighted by Crippen LogP contribution is -1.93. The highest BCUT2D eigenvalue weighted by Crippen LogP contribution is 2.33. The minimum atomic E-state index is -0.124. The van der Waals surface area contributed by atoms with Gasteiger partial charge in [-0.3, -0.25) is 0 Å². The molecule has 0 saturated heterocycles. The molecule has 0 aliphatic carbocycles. The number of aromatic hydroxyl groups is 1. The number of anilines is 1. The van der Waals surface area contributed by atoms with E-state index in [9.17, 15) is 5.11 Å². The van der Waals surface area contributed by atoms with E-state index in [1.807, 2.05) is 0 Å². The van der Waals surface area contributed by atoms with E-state index in [0.717, 1.165) is 0 Å². The number of hydrogen-bond donors (Lipinski definition) is 3. The van der Waals surface area contributed by atoms with Crippen LogP contribution in [0.1, 0.15) is 5.56 Å². The Hall–Kier alpha value is -1.42. The van der Waals surface area contributed by atoms with Crippen molar-refractivity contribution in [3.05, 3.63) is 17.7 Å². The molecule has 12 heavy (non-hydrogen) atoms. The Labute approximate surface area is 70.2 Å². The molecule has 0 radical (unpaired) electrons. The quantitative estimate of drug-likeness (QED) is 0.444. The third-order valence-electron chi connectivity index (χ3n) is 1.57. The van der Waals surface area contributed by atoms with E-state index in [0.29, 0.717) is 5.56 Å². The molecule has 0 spiro atoms. The molecule has 4 nitrogen and oxygen atoms in total. The Morgan fingerprint density at radius 2 is 2.17 bits per heavy atom. The van der Waals surface area contributed by atoms with Gasteiger partial charge in [-0.05, 0) is 17.7 Å². The SMILES string of the molecule is COc1cc(CO)cc(N)c1O. The van der Waals surface area contributed by atoms with E-state index in [4.69, 9.17) is 15.6 Å². The summed E-state index contributed by atoms with van der Waals surface area (Å²) in [4.78, 5) is 0. The number of phenols is 1. The number of methoxy groups -OCH3 is 1. The van der Waals surface area contributed by atoms with Gasteiger partial charge >= 0.3 is 0 Å². The van der Waals surface area contributed by atoms with Gasteiger partial charge in [0.25, 0.3) is 0 Å². The van der Waals surface area contributed by atoms with E-state index in [2.05, 4.69) is 0 Å². The maximum absolute atomic E-state index is 9.29. The first-order valence-electron chi connectivity index (χ1n) is 3.45. The summed E-state index contributed by atoms with van der Waals surface area (Å²) in [6.45, 7) is -0.124. The van der Waals surface area contributed by atoms with Crippen LogP contribution in [0.5, 0.6) is 11.5 Å². The maximum Gasteiger partial charge on any atom is 0.181 e. The third kappa shape index (κ3) is 1.43. The molecule has 0 aliphatic heterocycles. The van der Waals surface area contributed by atoms with Crippen LogP contribution in [0.25, 0.3) is 0 Å². The van der Waals surface area contributed by atoms with Crippen molar-refractivity contribution in [1.82, 2.24) is 0 Å². The molecule has 0 aromatic heterocycles. The summed E-state index contributed by atoms with van der Waals surface area (Å²) in [5.41, 5.74) is 6.25. The number of nitrogens with two attached hydrogens (primary N) is 1. The van der Waals surface area contributed by atoms with E-state index in [1.54, 1.807) is 0 Å². The number of aliphatic hydroxyl groups excluding tert-OH is 1. The summed E-state index contributed by atoms with van der Waals surface area (Å²) in [7, 11) is 1.43. The summed E-state index contributed by atoms with van der Waals surface area (Å²) in [5, 5.41) is 18.1. The average Bonchev–Trinajstić information content (AvgIpc) is 2.09. The van der Waals surface area contributed by atoms with Crippen LogP contribution in [0.4, 0.5) is 5.69 Å². The van der Waals surface area contributed by atoms with E-state index in [1.165, 1.54) is 19.2 Å². The highest BCUT2D eigenvalue weighted by atomic mass is 16.5. The lowest BCUT2D eigenvalue weighted by atomic mass is 10.2. The van der Waals surface area contributed by atoms with Crippen molar-refractivity contribution in [3.8, 4) is 11.5 Å². The van der Waals surface area contributed by atoms with Crippen molar-refractivity contribution in [1.29, 1.82) is 0 Å². The summed E-state index contributed by atoms with van der Waals surface area (Å²) in [6.07, 6.45) is 0. The number of hydrogen-bond acceptors (Lipinski definition) is 4. The second-order valence-corrected chi connectivity index (χ2v) is 2.39. The number of aliphatic hydroxyl groups is 1. The van der Waals surface area contributed by atoms with E-state index >= 15 is 0 Å². The standard InChI is InChI=1S/C8H11NO3/c1-12-7-3-5(4-10)2-6(9)8(7)11/h2-3,10-11H,4,9H2,1H3. The van der Waals surface area contributed by atoms with Gasteiger partial charge in [0.2, 0.25) is 0 Å². The molecular weight excluding hydrogens is 158 g/mol. The fourth-order valence-corrected chi connectivity index (χ4v) is 0.936. The molecule has 66 valence electrons. The van der Waals surface area contributed by atoms with Gasteiger partial charge in [0, 0.05) is 0 Å². The molecule has 0 bridgehead atoms. The van der Waals surface area contributed by atoms with Crippen LogP contribution >= 0.6 is 0 Å². The number of benzene rings is 1. The Balaban J connectivity index is 3.19. The van der Waals surface area contributed by atoms with Crippen LogP contribution < -0.4 is 10.5 Å². The van der Waals surface area contributed by atoms with Crippen LogP contribution in [0, 0.1) is 0 Å². The normalized spacial score (nSPS) is 9.83. The summed E-state index contributed by atoms with van der Waals surface area (Å²) < 4.78 is 4.83. The monoisotopic (exact) mass is 169 g/mol. The highest BCUT2D eigenvalue weighted by molar-refractivity contribution is 5.61. The molecule has 0 saturated carbocycles. The second kappa shape index (κ2) is 3.32. The van der Waals surface area contributed by atoms with Crippen molar-refractivity contribution in [2.24, 2.45) is 0 Å². The zero-order valence-corrected chi connectivity index (χ0v) is 6.74. The highest BCUT2D eigenvalue weighted by Gasteiger charge is 2.06. The van der Waals surface area contributed by atoms with Gasteiger partial charge in [0.15, 0.2) is 11.5 Å². The molecule has 1 aromatic carbocycles. The number of nitrogen functional groups attached to an aromatic ring is 1. The molecular formula is C8H11NO3. The largest absolute Gasteiger partial charge is 0.503 e. The van der Waals surface area contributed by atoms with Crippen LogP contribution in [-0.2, 0) is 6.61 Å². The molecule has 1 rings (SSSR count). The van der Waals surface area contributed by atoms with Gasteiger partial charge in [-0.15, -0.1) is 0 Å². The Morgan fingerprint density at radius 1 is 1.50 bits per heavy atom. The number of ether oxygens (including phenoxy) is 1. The molecule has 0 aliphatic rings. The zero-order valence-electron chi connectivity index (χ0n) is 6.74.